The summed E-state index contributed by atoms with van der Waals surface area (Å²) >= 11 is 0. The number of nitrogens with zero attached hydrogens (tertiary/aromatic N) is 3. The number of aromatic nitrogens is 2. The third kappa shape index (κ3) is 8.89. The fraction of sp³-hybridized carbons (Fsp3) is 0.314. The fourth-order valence-electron chi connectivity index (χ4n) is 5.33. The molecule has 0 saturated carbocycles. The van der Waals surface area contributed by atoms with Crippen molar-refractivity contribution in [1.29, 1.82) is 0 Å². The molecule has 2 N–H and O–H groups in total. The quantitative estimate of drug-likeness (QED) is 0.195. The van der Waals surface area contributed by atoms with Crippen LogP contribution in [0.4, 0.5) is 23.7 Å². The van der Waals surface area contributed by atoms with Crippen LogP contribution in [-0.4, -0.2) is 70.5 Å². The summed E-state index contributed by atoms with van der Waals surface area (Å²) in [6.45, 7) is 1.13. The van der Waals surface area contributed by atoms with Gasteiger partial charge in [0.1, 0.15) is 35.5 Å². The number of carbonyl (C=O) groups is 3. The number of ether oxygens (including phenoxy) is 2. The molecule has 5 rings (SSSR count). The number of hydrogen-bond acceptors (Lipinski definition) is 6. The highest BCUT2D eigenvalue weighted by Gasteiger charge is 2.25. The van der Waals surface area contributed by atoms with Crippen molar-refractivity contribution >= 4 is 34.5 Å². The monoisotopic (exact) mass is 679 g/mol. The van der Waals surface area contributed by atoms with Crippen LogP contribution >= 0.6 is 0 Å². The van der Waals surface area contributed by atoms with E-state index in [0.717, 1.165) is 31.0 Å². The topological polar surface area (TPSA) is 126 Å². The van der Waals surface area contributed by atoms with Crippen molar-refractivity contribution in [2.24, 2.45) is 0 Å². The van der Waals surface area contributed by atoms with Gasteiger partial charge in [-0.3, -0.25) is 14.4 Å². The van der Waals surface area contributed by atoms with E-state index in [1.165, 1.54) is 54.0 Å². The molecule has 2 aromatic carbocycles. The molecule has 0 radical (unpaired) electrons. The molecule has 1 aliphatic rings. The van der Waals surface area contributed by atoms with Crippen molar-refractivity contribution in [1.82, 2.24) is 19.4 Å². The number of pyridine rings is 1. The first kappa shape index (κ1) is 34.8. The number of carbonyl (C=O) groups excluding carboxylic acids is 3. The van der Waals surface area contributed by atoms with Crippen LogP contribution in [-0.2, 0) is 27.5 Å². The SMILES string of the molecule is CN(C)C(=O)OC(CC/C=C/C(=O)N1CCCC1)C(=O)Nc1cccn(Cc2cc3cc(F)cc(OCc4ccc(F)cc4F)c3[nH]2)c1=O. The maximum atomic E-state index is 14.4. The summed E-state index contributed by atoms with van der Waals surface area (Å²) in [4.78, 5) is 57.3. The van der Waals surface area contributed by atoms with Crippen molar-refractivity contribution in [3.63, 3.8) is 0 Å². The van der Waals surface area contributed by atoms with Gasteiger partial charge >= 0.3 is 6.09 Å². The Morgan fingerprint density at radius 1 is 1.04 bits per heavy atom. The molecule has 1 saturated heterocycles. The normalized spacial score (nSPS) is 13.5. The highest BCUT2D eigenvalue weighted by Crippen LogP contribution is 2.29. The van der Waals surface area contributed by atoms with E-state index < -0.39 is 41.1 Å². The molecule has 1 fully saturated rings. The second-order valence-corrected chi connectivity index (χ2v) is 11.8. The third-order valence-electron chi connectivity index (χ3n) is 7.90. The molecule has 11 nitrogen and oxygen atoms in total. The zero-order valence-corrected chi connectivity index (χ0v) is 27.0. The summed E-state index contributed by atoms with van der Waals surface area (Å²) in [7, 11) is 2.95. The first-order valence-electron chi connectivity index (χ1n) is 15.7. The third-order valence-corrected chi connectivity index (χ3v) is 7.90. The van der Waals surface area contributed by atoms with Crippen LogP contribution in [0.2, 0.25) is 0 Å². The summed E-state index contributed by atoms with van der Waals surface area (Å²) in [5.74, 6) is -2.87. The highest BCUT2D eigenvalue weighted by atomic mass is 19.1. The number of anilines is 1. The largest absolute Gasteiger partial charge is 0.486 e. The molecule has 0 bridgehead atoms. The Balaban J connectivity index is 1.28. The van der Waals surface area contributed by atoms with Gasteiger partial charge in [0, 0.05) is 62.2 Å². The molecule has 1 atom stereocenters. The Morgan fingerprint density at radius 2 is 1.82 bits per heavy atom. The van der Waals surface area contributed by atoms with Crippen molar-refractivity contribution in [2.45, 2.75) is 44.9 Å². The summed E-state index contributed by atoms with van der Waals surface area (Å²) < 4.78 is 54.2. The van der Waals surface area contributed by atoms with Crippen LogP contribution in [0.1, 0.15) is 36.9 Å². The number of fused-ring (bicyclic) bond motifs is 1. The Hall–Kier alpha value is -5.53. The van der Waals surface area contributed by atoms with Gasteiger partial charge in [0.2, 0.25) is 5.91 Å². The molecule has 0 aliphatic carbocycles. The Morgan fingerprint density at radius 3 is 2.55 bits per heavy atom. The Labute approximate surface area is 279 Å². The Kier molecular flexibility index (Phi) is 11.1. The molecule has 1 unspecified atom stereocenters. The predicted molar refractivity (Wildman–Crippen MR) is 176 cm³/mol. The predicted octanol–water partition coefficient (Wildman–Crippen LogP) is 5.34. The molecule has 14 heteroatoms. The average molecular weight is 680 g/mol. The van der Waals surface area contributed by atoms with Crippen LogP contribution in [0.25, 0.3) is 10.9 Å². The minimum absolute atomic E-state index is 0.000240. The smallest absolute Gasteiger partial charge is 0.410 e. The maximum Gasteiger partial charge on any atom is 0.410 e. The number of aromatic amines is 1. The van der Waals surface area contributed by atoms with Crippen LogP contribution in [0.3, 0.4) is 0 Å². The average Bonchev–Trinajstić information content (AvgIpc) is 3.74. The first-order chi connectivity index (χ1) is 23.5. The van der Waals surface area contributed by atoms with E-state index in [-0.39, 0.29) is 48.9 Å². The maximum absolute atomic E-state index is 14.4. The molecular weight excluding hydrogens is 643 g/mol. The van der Waals surface area contributed by atoms with E-state index in [2.05, 4.69) is 10.3 Å². The van der Waals surface area contributed by atoms with E-state index >= 15 is 0 Å². The highest BCUT2D eigenvalue weighted by molar-refractivity contribution is 5.95. The van der Waals surface area contributed by atoms with E-state index in [1.54, 1.807) is 23.1 Å². The number of hydrogen-bond donors (Lipinski definition) is 2. The van der Waals surface area contributed by atoms with Gasteiger partial charge in [0.05, 0.1) is 12.1 Å². The minimum Gasteiger partial charge on any atom is -0.486 e. The number of H-pyrrole nitrogens is 1. The number of allylic oxidation sites excluding steroid dienone is 1. The summed E-state index contributed by atoms with van der Waals surface area (Å²) in [5.41, 5.74) is 0.359. The zero-order valence-electron chi connectivity index (χ0n) is 27.0. The zero-order chi connectivity index (χ0) is 35.1. The summed E-state index contributed by atoms with van der Waals surface area (Å²) in [5, 5.41) is 2.99. The number of rotatable bonds is 12. The van der Waals surface area contributed by atoms with E-state index in [4.69, 9.17) is 9.47 Å². The lowest BCUT2D eigenvalue weighted by Gasteiger charge is -2.19. The molecule has 3 amide bonds. The van der Waals surface area contributed by atoms with Crippen molar-refractivity contribution in [3.05, 3.63) is 106 Å². The lowest BCUT2D eigenvalue weighted by Crippen LogP contribution is -2.37. The lowest BCUT2D eigenvalue weighted by molar-refractivity contribution is -0.125. The number of halogens is 3. The molecule has 1 aliphatic heterocycles. The fourth-order valence-corrected chi connectivity index (χ4v) is 5.33. The van der Waals surface area contributed by atoms with Gasteiger partial charge in [-0.25, -0.2) is 18.0 Å². The minimum atomic E-state index is -1.25. The van der Waals surface area contributed by atoms with Gasteiger partial charge in [-0.1, -0.05) is 6.08 Å². The van der Waals surface area contributed by atoms with Crippen LogP contribution in [0.15, 0.2) is 71.7 Å². The van der Waals surface area contributed by atoms with Gasteiger partial charge in [0.15, 0.2) is 6.10 Å². The second-order valence-electron chi connectivity index (χ2n) is 11.8. The van der Waals surface area contributed by atoms with E-state index in [9.17, 15) is 32.3 Å². The first-order valence-corrected chi connectivity index (χ1v) is 15.7. The molecule has 2 aromatic heterocycles. The van der Waals surface area contributed by atoms with Crippen LogP contribution < -0.4 is 15.6 Å². The van der Waals surface area contributed by atoms with Gasteiger partial charge in [-0.05, 0) is 68.2 Å². The number of nitrogens with one attached hydrogen (secondary N) is 2. The summed E-state index contributed by atoms with van der Waals surface area (Å²) in [6, 6.07) is 10.1. The van der Waals surface area contributed by atoms with Gasteiger partial charge < -0.3 is 34.1 Å². The van der Waals surface area contributed by atoms with E-state index in [0.29, 0.717) is 29.7 Å². The van der Waals surface area contributed by atoms with Crippen LogP contribution in [0, 0.1) is 17.5 Å². The van der Waals surface area contributed by atoms with Gasteiger partial charge in [-0.15, -0.1) is 0 Å². The lowest BCUT2D eigenvalue weighted by atomic mass is 10.1. The van der Waals surface area contributed by atoms with Crippen molar-refractivity contribution in [2.75, 3.05) is 32.5 Å². The number of amides is 3. The molecule has 4 aromatic rings. The molecule has 49 heavy (non-hydrogen) atoms. The van der Waals surface area contributed by atoms with Gasteiger partial charge in [0.25, 0.3) is 11.5 Å². The van der Waals surface area contributed by atoms with Crippen molar-refractivity contribution < 1.29 is 37.0 Å². The molecule has 0 spiro atoms. The summed E-state index contributed by atoms with van der Waals surface area (Å²) in [6.07, 6.45) is 4.85. The number of benzene rings is 2. The standard InChI is InChI=1S/C35H36F3N5O6/c1-41(2)35(47)49-29(9-3-4-10-31(44)42-13-5-6-14-42)33(45)40-28-8-7-15-43(34(28)46)20-26-17-23-16-25(37)19-30(32(23)39-26)48-21-22-11-12-24(36)18-27(22)38/h4,7-8,10-12,15-19,29,39H,3,5-6,9,13-14,20-21H2,1-2H3,(H,40,45)/b10-4+. The van der Waals surface area contributed by atoms with Crippen LogP contribution in [0.5, 0.6) is 5.75 Å². The van der Waals surface area contributed by atoms with Crippen molar-refractivity contribution in [3.8, 4) is 5.75 Å². The molecular formula is C35H36F3N5O6. The Bertz CT molecular complexity index is 1930. The number of likely N-dealkylation sites (tertiary alicyclic amines) is 1. The second kappa shape index (κ2) is 15.6. The van der Waals surface area contributed by atoms with Gasteiger partial charge in [-0.2, -0.15) is 0 Å². The van der Waals surface area contributed by atoms with E-state index in [1.807, 2.05) is 0 Å². The molecule has 258 valence electrons. The molecule has 3 heterocycles.